The monoisotopic (exact) mass is 286 g/mol. The first-order valence-corrected chi connectivity index (χ1v) is 6.95. The molecule has 1 aliphatic carbocycles. The summed E-state index contributed by atoms with van der Waals surface area (Å²) < 4.78 is 5.79. The van der Waals surface area contributed by atoms with Crippen molar-refractivity contribution in [3.8, 4) is 11.5 Å². The van der Waals surface area contributed by atoms with Crippen LogP contribution in [-0.2, 0) is 6.42 Å². The van der Waals surface area contributed by atoms with Gasteiger partial charge in [-0.2, -0.15) is 0 Å². The molecule has 0 fully saturated rings. The van der Waals surface area contributed by atoms with E-state index in [1.165, 1.54) is 0 Å². The van der Waals surface area contributed by atoms with Crippen LogP contribution >= 0.6 is 11.6 Å². The number of fused-ring (bicyclic) bond motifs is 1. The molecule has 0 radical (unpaired) electrons. The number of ketones is 1. The molecule has 0 atom stereocenters. The Kier molecular flexibility index (Phi) is 3.06. The van der Waals surface area contributed by atoms with Crippen LogP contribution < -0.4 is 4.74 Å². The number of ether oxygens (including phenoxy) is 1. The maximum Gasteiger partial charge on any atom is 0.169 e. The molecule has 2 aromatic carbocycles. The molecule has 0 bridgehead atoms. The van der Waals surface area contributed by atoms with E-state index in [1.807, 2.05) is 44.2 Å². The Balaban J connectivity index is 1.88. The smallest absolute Gasteiger partial charge is 0.169 e. The quantitative estimate of drug-likeness (QED) is 0.785. The minimum absolute atomic E-state index is 0.213. The number of hydrogen-bond acceptors (Lipinski definition) is 2. The van der Waals surface area contributed by atoms with Crippen molar-refractivity contribution in [2.75, 3.05) is 0 Å². The fourth-order valence-electron chi connectivity index (χ4n) is 2.56. The van der Waals surface area contributed by atoms with E-state index in [1.54, 1.807) is 12.1 Å². The minimum atomic E-state index is -0.304. The van der Waals surface area contributed by atoms with Crippen molar-refractivity contribution < 1.29 is 9.53 Å². The summed E-state index contributed by atoms with van der Waals surface area (Å²) in [5, 5.41) is 0.679. The zero-order valence-corrected chi connectivity index (χ0v) is 12.2. The summed E-state index contributed by atoms with van der Waals surface area (Å²) in [4.78, 5) is 12.2. The molecule has 0 saturated carbocycles. The van der Waals surface area contributed by atoms with Gasteiger partial charge in [-0.3, -0.25) is 4.79 Å². The van der Waals surface area contributed by atoms with Gasteiger partial charge in [-0.1, -0.05) is 25.4 Å². The normalized spacial score (nSPS) is 16.1. The van der Waals surface area contributed by atoms with Crippen molar-refractivity contribution in [1.82, 2.24) is 0 Å². The molecule has 0 aromatic heterocycles. The molecule has 0 N–H and O–H groups in total. The number of Topliss-reactive ketones (excluding diaryl/α,β-unsaturated/α-hetero) is 1. The first kappa shape index (κ1) is 13.2. The molecular formula is C17H15ClO2. The van der Waals surface area contributed by atoms with Crippen LogP contribution in [0.3, 0.4) is 0 Å². The van der Waals surface area contributed by atoms with Crippen LogP contribution in [0.1, 0.15) is 29.8 Å². The van der Waals surface area contributed by atoms with Crippen molar-refractivity contribution >= 4 is 17.4 Å². The SMILES string of the molecule is CC1(C)Cc2cc(Oc3ccc(Cl)cc3)ccc2C1=O. The van der Waals surface area contributed by atoms with E-state index in [9.17, 15) is 4.79 Å². The van der Waals surface area contributed by atoms with Gasteiger partial charge in [-0.25, -0.2) is 0 Å². The number of rotatable bonds is 2. The molecule has 0 unspecified atom stereocenters. The lowest BCUT2D eigenvalue weighted by Gasteiger charge is -2.12. The Morgan fingerprint density at radius 1 is 1.05 bits per heavy atom. The highest BCUT2D eigenvalue weighted by atomic mass is 35.5. The van der Waals surface area contributed by atoms with Crippen LogP contribution in [0.2, 0.25) is 5.02 Å². The van der Waals surface area contributed by atoms with Crippen LogP contribution in [0, 0.1) is 5.41 Å². The summed E-state index contributed by atoms with van der Waals surface area (Å²) in [5.74, 6) is 1.69. The molecule has 1 aliphatic rings. The zero-order valence-electron chi connectivity index (χ0n) is 11.4. The van der Waals surface area contributed by atoms with Crippen LogP contribution in [0.25, 0.3) is 0 Å². The summed E-state index contributed by atoms with van der Waals surface area (Å²) in [6, 6.07) is 12.9. The van der Waals surface area contributed by atoms with Crippen molar-refractivity contribution in [2.24, 2.45) is 5.41 Å². The molecule has 0 aliphatic heterocycles. The maximum absolute atomic E-state index is 12.2. The Hall–Kier alpha value is -1.80. The Bertz CT molecular complexity index is 672. The third kappa shape index (κ3) is 2.32. The second-order valence-corrected chi connectivity index (χ2v) is 6.20. The standard InChI is InChI=1S/C17H15ClO2/c1-17(2)10-11-9-14(7-8-15(11)16(17)19)20-13-5-3-12(18)4-6-13/h3-9H,10H2,1-2H3. The zero-order chi connectivity index (χ0) is 14.3. The highest BCUT2D eigenvalue weighted by molar-refractivity contribution is 6.30. The summed E-state index contributed by atoms with van der Waals surface area (Å²) in [5.41, 5.74) is 1.58. The summed E-state index contributed by atoms with van der Waals surface area (Å²) in [7, 11) is 0. The largest absolute Gasteiger partial charge is 0.457 e. The van der Waals surface area contributed by atoms with Crippen LogP contribution in [-0.4, -0.2) is 5.78 Å². The first-order valence-electron chi connectivity index (χ1n) is 6.57. The van der Waals surface area contributed by atoms with Gasteiger partial charge in [0.1, 0.15) is 11.5 Å². The van der Waals surface area contributed by atoms with Crippen LogP contribution in [0.15, 0.2) is 42.5 Å². The molecule has 102 valence electrons. The van der Waals surface area contributed by atoms with Gasteiger partial charge >= 0.3 is 0 Å². The van der Waals surface area contributed by atoms with Crippen molar-refractivity contribution in [1.29, 1.82) is 0 Å². The van der Waals surface area contributed by atoms with Gasteiger partial charge in [-0.05, 0) is 54.4 Å². The van der Waals surface area contributed by atoms with E-state index in [0.717, 1.165) is 29.0 Å². The fraction of sp³-hybridized carbons (Fsp3) is 0.235. The summed E-state index contributed by atoms with van der Waals surface area (Å²) in [6.45, 7) is 3.96. The molecule has 0 heterocycles. The van der Waals surface area contributed by atoms with E-state index < -0.39 is 0 Å². The number of carbonyl (C=O) groups is 1. The predicted molar refractivity (Wildman–Crippen MR) is 79.8 cm³/mol. The molecule has 3 rings (SSSR count). The number of hydrogen-bond donors (Lipinski definition) is 0. The van der Waals surface area contributed by atoms with Crippen molar-refractivity contribution in [2.45, 2.75) is 20.3 Å². The van der Waals surface area contributed by atoms with Gasteiger partial charge in [0.05, 0.1) is 0 Å². The van der Waals surface area contributed by atoms with Gasteiger partial charge in [0.2, 0.25) is 0 Å². The Labute approximate surface area is 123 Å². The molecule has 2 nitrogen and oxygen atoms in total. The van der Waals surface area contributed by atoms with Gasteiger partial charge in [0, 0.05) is 16.0 Å². The Morgan fingerprint density at radius 3 is 2.40 bits per heavy atom. The molecule has 0 spiro atoms. The average Bonchev–Trinajstić information content (AvgIpc) is 2.62. The van der Waals surface area contributed by atoms with E-state index in [0.29, 0.717) is 5.02 Å². The second kappa shape index (κ2) is 4.64. The average molecular weight is 287 g/mol. The third-order valence-corrected chi connectivity index (χ3v) is 3.87. The number of benzene rings is 2. The predicted octanol–water partition coefficient (Wildman–Crippen LogP) is 4.90. The first-order chi connectivity index (χ1) is 9.45. The minimum Gasteiger partial charge on any atom is -0.457 e. The highest BCUT2D eigenvalue weighted by Crippen LogP contribution is 2.38. The van der Waals surface area contributed by atoms with Crippen molar-refractivity contribution in [3.05, 3.63) is 58.6 Å². The topological polar surface area (TPSA) is 26.3 Å². The summed E-state index contributed by atoms with van der Waals surface area (Å²) in [6.07, 6.45) is 0.763. The van der Waals surface area contributed by atoms with Crippen LogP contribution in [0.5, 0.6) is 11.5 Å². The van der Waals surface area contributed by atoms with E-state index in [4.69, 9.17) is 16.3 Å². The lowest BCUT2D eigenvalue weighted by atomic mass is 9.89. The number of carbonyl (C=O) groups excluding carboxylic acids is 1. The molecule has 2 aromatic rings. The molecule has 0 amide bonds. The van der Waals surface area contributed by atoms with Gasteiger partial charge in [0.15, 0.2) is 5.78 Å². The van der Waals surface area contributed by atoms with E-state index in [2.05, 4.69) is 0 Å². The highest BCUT2D eigenvalue weighted by Gasteiger charge is 2.37. The van der Waals surface area contributed by atoms with Crippen molar-refractivity contribution in [3.63, 3.8) is 0 Å². The summed E-state index contributed by atoms with van der Waals surface area (Å²) >= 11 is 5.85. The molecule has 3 heteroatoms. The fourth-order valence-corrected chi connectivity index (χ4v) is 2.69. The maximum atomic E-state index is 12.2. The van der Waals surface area contributed by atoms with Crippen LogP contribution in [0.4, 0.5) is 0 Å². The lowest BCUT2D eigenvalue weighted by molar-refractivity contribution is 0.0863. The van der Waals surface area contributed by atoms with E-state index >= 15 is 0 Å². The molecular weight excluding hydrogens is 272 g/mol. The molecule has 20 heavy (non-hydrogen) atoms. The second-order valence-electron chi connectivity index (χ2n) is 5.76. The van der Waals surface area contributed by atoms with Gasteiger partial charge < -0.3 is 4.74 Å². The third-order valence-electron chi connectivity index (χ3n) is 3.62. The van der Waals surface area contributed by atoms with Gasteiger partial charge in [-0.15, -0.1) is 0 Å². The van der Waals surface area contributed by atoms with Gasteiger partial charge in [0.25, 0.3) is 0 Å². The lowest BCUT2D eigenvalue weighted by Crippen LogP contribution is -2.18. The molecule has 0 saturated heterocycles. The van der Waals surface area contributed by atoms with E-state index in [-0.39, 0.29) is 11.2 Å². The number of halogens is 1. The Morgan fingerprint density at radius 2 is 1.70 bits per heavy atom.